The van der Waals surface area contributed by atoms with Gasteiger partial charge < -0.3 is 20.5 Å². The normalized spacial score (nSPS) is 12.8. The van der Waals surface area contributed by atoms with E-state index in [9.17, 15) is 15.0 Å². The minimum Gasteiger partial charge on any atom is -0.478 e. The van der Waals surface area contributed by atoms with E-state index >= 15 is 0 Å². The molecule has 1 heterocycles. The van der Waals surface area contributed by atoms with Gasteiger partial charge in [-0.3, -0.25) is 0 Å². The molecule has 0 aliphatic rings. The lowest BCUT2D eigenvalue weighted by atomic mass is 10.0. The zero-order valence-corrected chi connectivity index (χ0v) is 11.1. The smallest absolute Gasteiger partial charge is 0.337 e. The van der Waals surface area contributed by atoms with Crippen LogP contribution in [0.4, 0.5) is 0 Å². The lowest BCUT2D eigenvalue weighted by Gasteiger charge is -2.07. The number of benzene rings is 1. The molecule has 2 rings (SSSR count). The zero-order chi connectivity index (χ0) is 14.2. The summed E-state index contributed by atoms with van der Waals surface area (Å²) in [7, 11) is 0. The Bertz CT molecular complexity index is 629. The largest absolute Gasteiger partial charge is 0.478 e. The molecule has 0 saturated carbocycles. The number of aryl methyl sites for hydroxylation is 1. The number of aliphatic hydroxyl groups is 1. The fourth-order valence-electron chi connectivity index (χ4n) is 2.42. The molecule has 0 saturated heterocycles. The first-order valence-electron chi connectivity index (χ1n) is 6.20. The quantitative estimate of drug-likeness (QED) is 0.781. The van der Waals surface area contributed by atoms with E-state index < -0.39 is 12.1 Å². The maximum atomic E-state index is 11.4. The summed E-state index contributed by atoms with van der Waals surface area (Å²) in [6, 6.07) is 3.54. The molecule has 1 atom stereocenters. The average Bonchev–Trinajstić information content (AvgIpc) is 2.67. The van der Waals surface area contributed by atoms with Crippen LogP contribution in [0.5, 0.6) is 0 Å². The van der Waals surface area contributed by atoms with Gasteiger partial charge in [0.05, 0.1) is 17.2 Å². The van der Waals surface area contributed by atoms with E-state index in [-0.39, 0.29) is 5.56 Å². The van der Waals surface area contributed by atoms with Gasteiger partial charge in [-0.2, -0.15) is 0 Å². The first kappa shape index (κ1) is 13.6. The Hall–Kier alpha value is -1.85. The molecule has 1 unspecified atom stereocenters. The summed E-state index contributed by atoms with van der Waals surface area (Å²) in [4.78, 5) is 11.4. The van der Waals surface area contributed by atoms with Crippen molar-refractivity contribution < 1.29 is 15.0 Å². The molecule has 0 amide bonds. The fourth-order valence-corrected chi connectivity index (χ4v) is 2.42. The Morgan fingerprint density at radius 1 is 1.47 bits per heavy atom. The van der Waals surface area contributed by atoms with Crippen molar-refractivity contribution in [2.75, 3.05) is 6.54 Å². The third-order valence-corrected chi connectivity index (χ3v) is 3.20. The monoisotopic (exact) mass is 262 g/mol. The van der Waals surface area contributed by atoms with Crippen LogP contribution in [0.25, 0.3) is 10.9 Å². The number of hydrogen-bond acceptors (Lipinski definition) is 3. The van der Waals surface area contributed by atoms with E-state index in [1.807, 2.05) is 13.0 Å². The van der Waals surface area contributed by atoms with Gasteiger partial charge in [-0.15, -0.1) is 0 Å². The van der Waals surface area contributed by atoms with E-state index in [4.69, 9.17) is 5.73 Å². The van der Waals surface area contributed by atoms with Crippen LogP contribution >= 0.6 is 0 Å². The maximum absolute atomic E-state index is 11.4. The number of rotatable bonds is 4. The van der Waals surface area contributed by atoms with Gasteiger partial charge in [0.1, 0.15) is 0 Å². The summed E-state index contributed by atoms with van der Waals surface area (Å²) in [5.41, 5.74) is 8.02. The van der Waals surface area contributed by atoms with E-state index in [0.717, 1.165) is 16.5 Å². The number of carbonyl (C=O) groups is 1. The highest BCUT2D eigenvalue weighted by molar-refractivity contribution is 6.04. The molecule has 19 heavy (non-hydrogen) atoms. The molecule has 0 fully saturated rings. The van der Waals surface area contributed by atoms with Gasteiger partial charge in [0.15, 0.2) is 0 Å². The summed E-state index contributed by atoms with van der Waals surface area (Å²) in [6.45, 7) is 4.45. The first-order valence-corrected chi connectivity index (χ1v) is 6.20. The third kappa shape index (κ3) is 2.34. The molecule has 0 bridgehead atoms. The number of carboxylic acid groups (broad SMARTS) is 1. The molecule has 5 nitrogen and oxygen atoms in total. The second-order valence-electron chi connectivity index (χ2n) is 4.76. The van der Waals surface area contributed by atoms with E-state index in [1.165, 1.54) is 0 Å². The van der Waals surface area contributed by atoms with Gasteiger partial charge in [0.25, 0.3) is 0 Å². The average molecular weight is 262 g/mol. The number of fused-ring (bicyclic) bond motifs is 1. The fraction of sp³-hybridized carbons (Fsp3) is 0.357. The van der Waals surface area contributed by atoms with Crippen molar-refractivity contribution in [3.8, 4) is 0 Å². The Morgan fingerprint density at radius 2 is 2.16 bits per heavy atom. The van der Waals surface area contributed by atoms with Crippen LogP contribution in [0.2, 0.25) is 0 Å². The van der Waals surface area contributed by atoms with Crippen LogP contribution < -0.4 is 5.73 Å². The molecule has 0 aliphatic heterocycles. The Labute approximate surface area is 111 Å². The highest BCUT2D eigenvalue weighted by atomic mass is 16.4. The predicted octanol–water partition coefficient (Wildman–Crippen LogP) is 1.66. The standard InChI is InChI=1S/C14H18N2O3/c1-8-5-10-12(9(2)17)7-16(4-3-15)13(10)11(6-8)14(18)19/h5-7,9,17H,3-4,15H2,1-2H3,(H,18,19). The van der Waals surface area contributed by atoms with Gasteiger partial charge in [-0.1, -0.05) is 0 Å². The molecule has 0 spiro atoms. The van der Waals surface area contributed by atoms with Crippen LogP contribution in [0.15, 0.2) is 18.3 Å². The molecule has 4 N–H and O–H groups in total. The minimum atomic E-state index is -0.970. The Balaban J connectivity index is 2.85. The number of aromatic nitrogens is 1. The summed E-state index contributed by atoms with van der Waals surface area (Å²) < 4.78 is 1.81. The van der Waals surface area contributed by atoms with Gasteiger partial charge in [-0.25, -0.2) is 4.79 Å². The predicted molar refractivity (Wildman–Crippen MR) is 73.3 cm³/mol. The summed E-state index contributed by atoms with van der Waals surface area (Å²) in [6.07, 6.45) is 1.14. The summed E-state index contributed by atoms with van der Waals surface area (Å²) >= 11 is 0. The highest BCUT2D eigenvalue weighted by Gasteiger charge is 2.18. The second-order valence-corrected chi connectivity index (χ2v) is 4.76. The van der Waals surface area contributed by atoms with Gasteiger partial charge >= 0.3 is 5.97 Å². The van der Waals surface area contributed by atoms with Gasteiger partial charge in [0, 0.05) is 30.2 Å². The Morgan fingerprint density at radius 3 is 2.68 bits per heavy atom. The van der Waals surface area contributed by atoms with Crippen LogP contribution in [0.3, 0.4) is 0 Å². The molecule has 5 heteroatoms. The van der Waals surface area contributed by atoms with E-state index in [1.54, 1.807) is 23.8 Å². The van der Waals surface area contributed by atoms with Crippen LogP contribution in [0.1, 0.15) is 34.5 Å². The topological polar surface area (TPSA) is 88.5 Å². The molecular weight excluding hydrogens is 244 g/mol. The van der Waals surface area contributed by atoms with Crippen LogP contribution in [0, 0.1) is 6.92 Å². The number of nitrogens with zero attached hydrogens (tertiary/aromatic N) is 1. The second kappa shape index (κ2) is 5.03. The number of aromatic carboxylic acids is 1. The maximum Gasteiger partial charge on any atom is 0.337 e. The summed E-state index contributed by atoms with van der Waals surface area (Å²) in [5, 5.41) is 20.0. The third-order valence-electron chi connectivity index (χ3n) is 3.20. The number of nitrogens with two attached hydrogens (primary N) is 1. The van der Waals surface area contributed by atoms with Crippen molar-refractivity contribution >= 4 is 16.9 Å². The molecule has 102 valence electrons. The SMILES string of the molecule is Cc1cc(C(=O)O)c2c(c1)c(C(C)O)cn2CCN. The molecule has 1 aromatic carbocycles. The lowest BCUT2D eigenvalue weighted by molar-refractivity contribution is 0.0698. The van der Waals surface area contributed by atoms with Crippen molar-refractivity contribution in [3.05, 3.63) is 35.0 Å². The van der Waals surface area contributed by atoms with Crippen molar-refractivity contribution in [2.45, 2.75) is 26.5 Å². The van der Waals surface area contributed by atoms with E-state index in [2.05, 4.69) is 0 Å². The number of hydrogen-bond donors (Lipinski definition) is 3. The van der Waals surface area contributed by atoms with Crippen LogP contribution in [-0.4, -0.2) is 27.3 Å². The molecule has 0 aliphatic carbocycles. The van der Waals surface area contributed by atoms with Crippen molar-refractivity contribution in [2.24, 2.45) is 5.73 Å². The first-order chi connectivity index (χ1) is 8.95. The molecule has 0 radical (unpaired) electrons. The van der Waals surface area contributed by atoms with Crippen molar-refractivity contribution in [1.29, 1.82) is 0 Å². The molecule has 2 aromatic rings. The number of aliphatic hydroxyl groups excluding tert-OH is 1. The summed E-state index contributed by atoms with van der Waals surface area (Å²) in [5.74, 6) is -0.970. The lowest BCUT2D eigenvalue weighted by Crippen LogP contribution is -2.10. The Kier molecular flexibility index (Phi) is 3.59. The van der Waals surface area contributed by atoms with Gasteiger partial charge in [-0.05, 0) is 31.5 Å². The molecular formula is C14H18N2O3. The van der Waals surface area contributed by atoms with Crippen LogP contribution in [-0.2, 0) is 6.54 Å². The van der Waals surface area contributed by atoms with Crippen molar-refractivity contribution in [1.82, 2.24) is 4.57 Å². The highest BCUT2D eigenvalue weighted by Crippen LogP contribution is 2.30. The van der Waals surface area contributed by atoms with E-state index in [0.29, 0.717) is 18.6 Å². The molecule has 1 aromatic heterocycles. The van der Waals surface area contributed by atoms with Gasteiger partial charge in [0.2, 0.25) is 0 Å². The minimum absolute atomic E-state index is 0.246. The zero-order valence-electron chi connectivity index (χ0n) is 11.1. The van der Waals surface area contributed by atoms with Crippen molar-refractivity contribution in [3.63, 3.8) is 0 Å². The number of carboxylic acids is 1.